The summed E-state index contributed by atoms with van der Waals surface area (Å²) in [5.41, 5.74) is 0. The number of likely N-dealkylation sites (N-methyl/N-ethyl adjacent to an activating group) is 1. The van der Waals surface area contributed by atoms with Gasteiger partial charge in [0.15, 0.2) is 0 Å². The molecule has 8 heteroatoms. The molecule has 1 saturated carbocycles. The van der Waals surface area contributed by atoms with Crippen molar-refractivity contribution in [2.24, 2.45) is 0 Å². The predicted molar refractivity (Wildman–Crippen MR) is 74.7 cm³/mol. The van der Waals surface area contributed by atoms with Crippen molar-refractivity contribution >= 4 is 10.0 Å². The molecule has 0 amide bonds. The molecule has 0 spiro atoms. The number of aliphatic hydroxyl groups excluding tert-OH is 1. The van der Waals surface area contributed by atoms with E-state index in [1.807, 2.05) is 14.0 Å². The van der Waals surface area contributed by atoms with Gasteiger partial charge in [0, 0.05) is 24.8 Å². The molecule has 20 heavy (non-hydrogen) atoms. The van der Waals surface area contributed by atoms with Crippen molar-refractivity contribution in [1.29, 1.82) is 0 Å². The van der Waals surface area contributed by atoms with Gasteiger partial charge in [0.05, 0.1) is 19.3 Å². The molecule has 1 unspecified atom stereocenters. The highest BCUT2D eigenvalue weighted by Gasteiger charge is 2.29. The third-order valence-corrected chi connectivity index (χ3v) is 5.01. The molecule has 1 heterocycles. The van der Waals surface area contributed by atoms with E-state index in [2.05, 4.69) is 14.7 Å². The second kappa shape index (κ2) is 6.21. The van der Waals surface area contributed by atoms with Crippen LogP contribution in [0, 0.1) is 0 Å². The number of aliphatic hydroxyl groups is 1. The van der Waals surface area contributed by atoms with Crippen molar-refractivity contribution in [2.45, 2.75) is 43.3 Å². The van der Waals surface area contributed by atoms with Crippen molar-refractivity contribution < 1.29 is 13.5 Å². The quantitative estimate of drug-likeness (QED) is 0.684. The molecule has 0 radical (unpaired) electrons. The number of hydrogen-bond acceptors (Lipinski definition) is 5. The van der Waals surface area contributed by atoms with E-state index in [4.69, 9.17) is 5.11 Å². The molecule has 2 rings (SSSR count). The van der Waals surface area contributed by atoms with Crippen LogP contribution in [0.4, 0.5) is 0 Å². The van der Waals surface area contributed by atoms with Gasteiger partial charge in [-0.25, -0.2) is 13.1 Å². The lowest BCUT2D eigenvalue weighted by Crippen LogP contribution is -2.41. The van der Waals surface area contributed by atoms with E-state index in [-0.39, 0.29) is 24.1 Å². The van der Waals surface area contributed by atoms with Crippen LogP contribution in [0.25, 0.3) is 0 Å². The second-order valence-corrected chi connectivity index (χ2v) is 7.03. The third kappa shape index (κ3) is 3.78. The van der Waals surface area contributed by atoms with Gasteiger partial charge in [0.1, 0.15) is 4.90 Å². The van der Waals surface area contributed by atoms with Crippen LogP contribution in [0.2, 0.25) is 0 Å². The Bertz CT molecular complexity index is 539. The summed E-state index contributed by atoms with van der Waals surface area (Å²) in [5.74, 6) is 0. The summed E-state index contributed by atoms with van der Waals surface area (Å²) in [6.07, 6.45) is 5.12. The highest BCUT2D eigenvalue weighted by molar-refractivity contribution is 7.89. The van der Waals surface area contributed by atoms with Gasteiger partial charge < -0.3 is 5.11 Å². The number of rotatable bonds is 8. The third-order valence-electron chi connectivity index (χ3n) is 3.64. The van der Waals surface area contributed by atoms with E-state index >= 15 is 0 Å². The maximum Gasteiger partial charge on any atom is 0.243 e. The lowest BCUT2D eigenvalue weighted by atomic mass is 10.3. The fourth-order valence-corrected chi connectivity index (χ4v) is 3.08. The van der Waals surface area contributed by atoms with Crippen LogP contribution >= 0.6 is 0 Å². The first kappa shape index (κ1) is 15.4. The molecular weight excluding hydrogens is 280 g/mol. The van der Waals surface area contributed by atoms with E-state index < -0.39 is 10.0 Å². The number of nitrogens with zero attached hydrogens (tertiary/aromatic N) is 3. The van der Waals surface area contributed by atoms with Crippen LogP contribution in [-0.2, 0) is 16.6 Å². The van der Waals surface area contributed by atoms with Crippen LogP contribution in [0.3, 0.4) is 0 Å². The van der Waals surface area contributed by atoms with Crippen LogP contribution in [0.1, 0.15) is 19.8 Å². The molecule has 7 nitrogen and oxygen atoms in total. The first-order valence-corrected chi connectivity index (χ1v) is 8.27. The molecule has 1 aliphatic carbocycles. The van der Waals surface area contributed by atoms with Crippen LogP contribution in [-0.4, -0.2) is 60.5 Å². The average molecular weight is 302 g/mol. The molecule has 1 fully saturated rings. The Balaban J connectivity index is 1.92. The van der Waals surface area contributed by atoms with Gasteiger partial charge in [-0.15, -0.1) is 0 Å². The maximum atomic E-state index is 12.1. The largest absolute Gasteiger partial charge is 0.394 e. The van der Waals surface area contributed by atoms with Crippen molar-refractivity contribution in [3.05, 3.63) is 12.4 Å². The summed E-state index contributed by atoms with van der Waals surface area (Å²) in [6, 6.07) is 0.756. The first-order valence-electron chi connectivity index (χ1n) is 6.79. The topological polar surface area (TPSA) is 87.5 Å². The van der Waals surface area contributed by atoms with Gasteiger partial charge >= 0.3 is 0 Å². The van der Waals surface area contributed by atoms with E-state index in [0.29, 0.717) is 12.6 Å². The molecule has 114 valence electrons. The molecule has 1 aliphatic rings. The number of aromatic nitrogens is 2. The average Bonchev–Trinajstić information content (AvgIpc) is 3.15. The highest BCUT2D eigenvalue weighted by Crippen LogP contribution is 2.26. The molecule has 1 aromatic rings. The lowest BCUT2D eigenvalue weighted by molar-refractivity contribution is 0.248. The summed E-state index contributed by atoms with van der Waals surface area (Å²) in [5, 5.41) is 12.7. The fourth-order valence-electron chi connectivity index (χ4n) is 2.01. The van der Waals surface area contributed by atoms with Gasteiger partial charge in [-0.3, -0.25) is 9.58 Å². The van der Waals surface area contributed by atoms with Crippen molar-refractivity contribution in [2.75, 3.05) is 20.2 Å². The van der Waals surface area contributed by atoms with Gasteiger partial charge in [-0.1, -0.05) is 0 Å². The Labute approximate surface area is 119 Å². The standard InChI is InChI=1S/C12H22N4O3S/c1-10(15(2)11-3-4-11)7-14-20(18,19)12-8-13-16(9-12)5-6-17/h8-11,14,17H,3-7H2,1-2H3. The Morgan fingerprint density at radius 1 is 1.60 bits per heavy atom. The predicted octanol–water partition coefficient (Wildman–Crippen LogP) is -0.364. The SMILES string of the molecule is CC(CNS(=O)(=O)c1cnn(CCO)c1)N(C)C1CC1. The molecule has 0 bridgehead atoms. The number of sulfonamides is 1. The number of nitrogens with one attached hydrogen (secondary N) is 1. The van der Waals surface area contributed by atoms with Gasteiger partial charge in [-0.2, -0.15) is 5.10 Å². The monoisotopic (exact) mass is 302 g/mol. The minimum Gasteiger partial charge on any atom is -0.394 e. The molecule has 0 aliphatic heterocycles. The Morgan fingerprint density at radius 2 is 2.30 bits per heavy atom. The summed E-state index contributed by atoms with van der Waals surface area (Å²) in [7, 11) is -1.51. The summed E-state index contributed by atoms with van der Waals surface area (Å²) in [6.45, 7) is 2.60. The van der Waals surface area contributed by atoms with Crippen LogP contribution in [0.5, 0.6) is 0 Å². The molecule has 2 N–H and O–H groups in total. The molecule has 0 saturated heterocycles. The normalized spacial score (nSPS) is 17.6. The second-order valence-electron chi connectivity index (χ2n) is 5.26. The maximum absolute atomic E-state index is 12.1. The zero-order chi connectivity index (χ0) is 14.8. The Kier molecular flexibility index (Phi) is 4.79. The molecule has 1 atom stereocenters. The molecule has 0 aromatic carbocycles. The van der Waals surface area contributed by atoms with E-state index in [9.17, 15) is 8.42 Å². The van der Waals surface area contributed by atoms with Gasteiger partial charge in [-0.05, 0) is 26.8 Å². The fraction of sp³-hybridized carbons (Fsp3) is 0.750. The summed E-state index contributed by atoms with van der Waals surface area (Å²) in [4.78, 5) is 2.34. The number of hydrogen-bond donors (Lipinski definition) is 2. The van der Waals surface area contributed by atoms with Gasteiger partial charge in [0.2, 0.25) is 10.0 Å². The molecular formula is C12H22N4O3S. The van der Waals surface area contributed by atoms with Crippen molar-refractivity contribution in [1.82, 2.24) is 19.4 Å². The molecule has 1 aromatic heterocycles. The van der Waals surface area contributed by atoms with Gasteiger partial charge in [0.25, 0.3) is 0 Å². The minimum absolute atomic E-state index is 0.0716. The summed E-state index contributed by atoms with van der Waals surface area (Å²) < 4.78 is 28.3. The Morgan fingerprint density at radius 3 is 2.90 bits per heavy atom. The van der Waals surface area contributed by atoms with Crippen LogP contribution in [0.15, 0.2) is 17.3 Å². The smallest absolute Gasteiger partial charge is 0.243 e. The van der Waals surface area contributed by atoms with E-state index in [0.717, 1.165) is 0 Å². The lowest BCUT2D eigenvalue weighted by Gasteiger charge is -2.24. The zero-order valence-electron chi connectivity index (χ0n) is 11.9. The Hall–Kier alpha value is -0.960. The highest BCUT2D eigenvalue weighted by atomic mass is 32.2. The van der Waals surface area contributed by atoms with Crippen LogP contribution < -0.4 is 4.72 Å². The minimum atomic E-state index is -3.53. The van der Waals surface area contributed by atoms with Crippen molar-refractivity contribution in [3.8, 4) is 0 Å². The van der Waals surface area contributed by atoms with E-state index in [1.54, 1.807) is 0 Å². The first-order chi connectivity index (χ1) is 9.44. The van der Waals surface area contributed by atoms with Crippen molar-refractivity contribution in [3.63, 3.8) is 0 Å². The summed E-state index contributed by atoms with van der Waals surface area (Å²) >= 11 is 0. The zero-order valence-corrected chi connectivity index (χ0v) is 12.7. The van der Waals surface area contributed by atoms with E-state index in [1.165, 1.54) is 29.9 Å².